The molecular weight excluding hydrogens is 444 g/mol. The van der Waals surface area contributed by atoms with Crippen molar-refractivity contribution >= 4 is 18.0 Å². The highest BCUT2D eigenvalue weighted by Crippen LogP contribution is 2.46. The van der Waals surface area contributed by atoms with E-state index < -0.39 is 17.5 Å². The highest BCUT2D eigenvalue weighted by Gasteiger charge is 2.50. The fourth-order valence-corrected chi connectivity index (χ4v) is 5.65. The molecule has 184 valence electrons. The molecule has 3 aliphatic rings. The van der Waals surface area contributed by atoms with Gasteiger partial charge in [-0.05, 0) is 60.3 Å². The van der Waals surface area contributed by atoms with Gasteiger partial charge >= 0.3 is 12.1 Å². The summed E-state index contributed by atoms with van der Waals surface area (Å²) in [7, 11) is 0. The average Bonchev–Trinajstić information content (AvgIpc) is 3.61. The second-order valence-corrected chi connectivity index (χ2v) is 10.2. The summed E-state index contributed by atoms with van der Waals surface area (Å²) in [6.07, 6.45) is 4.09. The smallest absolute Gasteiger partial charge is 0.407 e. The number of fused-ring (bicyclic) bond motifs is 3. The number of carboxylic acid groups (broad SMARTS) is 1. The quantitative estimate of drug-likeness (QED) is 0.527. The van der Waals surface area contributed by atoms with Crippen molar-refractivity contribution in [1.29, 1.82) is 0 Å². The third kappa shape index (κ3) is 4.90. The van der Waals surface area contributed by atoms with E-state index in [2.05, 4.69) is 34.9 Å². The van der Waals surface area contributed by atoms with E-state index >= 15 is 0 Å². The molecule has 5 rings (SSSR count). The first-order valence-electron chi connectivity index (χ1n) is 12.6. The normalized spacial score (nSPS) is 21.9. The van der Waals surface area contributed by atoms with Gasteiger partial charge in [-0.2, -0.15) is 0 Å². The minimum Gasteiger partial charge on any atom is -0.481 e. The zero-order valence-electron chi connectivity index (χ0n) is 19.8. The molecular formula is C28H32N2O5. The van der Waals surface area contributed by atoms with Crippen molar-refractivity contribution in [2.24, 2.45) is 17.3 Å². The number of amides is 2. The predicted molar refractivity (Wildman–Crippen MR) is 131 cm³/mol. The highest BCUT2D eigenvalue weighted by molar-refractivity contribution is 5.86. The fourth-order valence-electron chi connectivity index (χ4n) is 5.65. The van der Waals surface area contributed by atoms with Crippen LogP contribution in [0.4, 0.5) is 4.79 Å². The number of aliphatic carboxylic acids is 1. The average molecular weight is 477 g/mol. The monoisotopic (exact) mass is 476 g/mol. The summed E-state index contributed by atoms with van der Waals surface area (Å²) in [5, 5.41) is 15.1. The number of carbonyl (C=O) groups excluding carboxylic acids is 2. The zero-order chi connectivity index (χ0) is 24.4. The lowest BCUT2D eigenvalue weighted by atomic mass is 9.81. The van der Waals surface area contributed by atoms with Crippen molar-refractivity contribution in [3.05, 3.63) is 59.7 Å². The van der Waals surface area contributed by atoms with E-state index in [-0.39, 0.29) is 36.8 Å². The van der Waals surface area contributed by atoms with E-state index in [9.17, 15) is 19.5 Å². The molecule has 0 spiro atoms. The summed E-state index contributed by atoms with van der Waals surface area (Å²) < 4.78 is 5.59. The van der Waals surface area contributed by atoms with Crippen molar-refractivity contribution in [3.63, 3.8) is 0 Å². The fraction of sp³-hybridized carbons (Fsp3) is 0.464. The Labute approximate surface area is 205 Å². The Bertz CT molecular complexity index is 1080. The Morgan fingerprint density at radius 2 is 1.60 bits per heavy atom. The van der Waals surface area contributed by atoms with Crippen LogP contribution in [0.15, 0.2) is 48.5 Å². The molecule has 2 fully saturated rings. The lowest BCUT2D eigenvalue weighted by Crippen LogP contribution is -2.42. The van der Waals surface area contributed by atoms with Crippen LogP contribution < -0.4 is 10.6 Å². The molecule has 35 heavy (non-hydrogen) atoms. The van der Waals surface area contributed by atoms with Crippen molar-refractivity contribution in [3.8, 4) is 11.1 Å². The molecule has 2 amide bonds. The molecule has 0 radical (unpaired) electrons. The summed E-state index contributed by atoms with van der Waals surface area (Å²) in [5.41, 5.74) is 4.10. The molecule has 3 N–H and O–H groups in total. The van der Waals surface area contributed by atoms with E-state index in [1.54, 1.807) is 0 Å². The number of alkyl carbamates (subject to hydrolysis) is 1. The van der Waals surface area contributed by atoms with Crippen LogP contribution in [-0.2, 0) is 14.3 Å². The van der Waals surface area contributed by atoms with Crippen molar-refractivity contribution in [2.75, 3.05) is 19.7 Å². The van der Waals surface area contributed by atoms with Gasteiger partial charge in [0, 0.05) is 19.0 Å². The molecule has 0 aliphatic heterocycles. The first-order valence-corrected chi connectivity index (χ1v) is 12.6. The summed E-state index contributed by atoms with van der Waals surface area (Å²) >= 11 is 0. The van der Waals surface area contributed by atoms with Crippen LogP contribution in [-0.4, -0.2) is 42.8 Å². The number of ether oxygens (including phenoxy) is 1. The second kappa shape index (κ2) is 9.72. The van der Waals surface area contributed by atoms with Crippen LogP contribution in [0.1, 0.15) is 55.6 Å². The maximum atomic E-state index is 12.8. The standard InChI is InChI=1S/C28H32N2O5/c31-25(32)19-7-5-6-18(14-19)15-29-26(33)28(12-13-28)17-30-27(34)35-16-24-22-10-3-1-8-20(22)21-9-2-4-11-23(21)24/h1-4,8-11,18-19,24H,5-7,12-17H2,(H,29,33)(H,30,34)(H,31,32). The number of rotatable bonds is 8. The van der Waals surface area contributed by atoms with E-state index in [0.29, 0.717) is 19.4 Å². The number of benzene rings is 2. The number of carboxylic acids is 1. The maximum Gasteiger partial charge on any atom is 0.407 e. The van der Waals surface area contributed by atoms with Gasteiger partial charge in [0.05, 0.1) is 11.3 Å². The molecule has 0 bridgehead atoms. The lowest BCUT2D eigenvalue weighted by molar-refractivity contribution is -0.143. The lowest BCUT2D eigenvalue weighted by Gasteiger charge is -2.27. The number of hydrogen-bond donors (Lipinski definition) is 3. The van der Waals surface area contributed by atoms with Crippen LogP contribution in [0.5, 0.6) is 0 Å². The number of nitrogens with one attached hydrogen (secondary N) is 2. The molecule has 0 heterocycles. The topological polar surface area (TPSA) is 105 Å². The summed E-state index contributed by atoms with van der Waals surface area (Å²) in [6, 6.07) is 16.4. The van der Waals surface area contributed by atoms with Crippen LogP contribution in [0.2, 0.25) is 0 Å². The number of carbonyl (C=O) groups is 3. The van der Waals surface area contributed by atoms with Gasteiger partial charge in [-0.3, -0.25) is 9.59 Å². The first kappa shape index (κ1) is 23.4. The Balaban J connectivity index is 1.10. The third-order valence-corrected chi connectivity index (χ3v) is 7.93. The summed E-state index contributed by atoms with van der Waals surface area (Å²) in [6.45, 7) is 0.985. The van der Waals surface area contributed by atoms with Gasteiger partial charge in [0.15, 0.2) is 0 Å². The highest BCUT2D eigenvalue weighted by atomic mass is 16.5. The molecule has 2 aromatic carbocycles. The maximum absolute atomic E-state index is 12.8. The van der Waals surface area contributed by atoms with Crippen LogP contribution in [0.3, 0.4) is 0 Å². The van der Waals surface area contributed by atoms with Crippen LogP contribution >= 0.6 is 0 Å². The van der Waals surface area contributed by atoms with Crippen molar-refractivity contribution in [2.45, 2.75) is 44.4 Å². The van der Waals surface area contributed by atoms with E-state index in [1.807, 2.05) is 24.3 Å². The Morgan fingerprint density at radius 1 is 0.943 bits per heavy atom. The van der Waals surface area contributed by atoms with Crippen molar-refractivity contribution in [1.82, 2.24) is 10.6 Å². The molecule has 7 nitrogen and oxygen atoms in total. The molecule has 2 unspecified atom stereocenters. The van der Waals surface area contributed by atoms with Gasteiger partial charge in [0.2, 0.25) is 5.91 Å². The van der Waals surface area contributed by atoms with Gasteiger partial charge in [0.25, 0.3) is 0 Å². The molecule has 2 atom stereocenters. The summed E-state index contributed by atoms with van der Waals surface area (Å²) in [5.74, 6) is -0.923. The molecule has 0 saturated heterocycles. The Kier molecular flexibility index (Phi) is 6.50. The second-order valence-electron chi connectivity index (χ2n) is 10.2. The van der Waals surface area contributed by atoms with Gasteiger partial charge in [0.1, 0.15) is 6.61 Å². The van der Waals surface area contributed by atoms with Crippen LogP contribution in [0, 0.1) is 17.3 Å². The summed E-state index contributed by atoms with van der Waals surface area (Å²) in [4.78, 5) is 36.6. The van der Waals surface area contributed by atoms with Crippen LogP contribution in [0.25, 0.3) is 11.1 Å². The number of hydrogen-bond acceptors (Lipinski definition) is 4. The molecule has 2 saturated carbocycles. The van der Waals surface area contributed by atoms with Gasteiger partial charge < -0.3 is 20.5 Å². The first-order chi connectivity index (χ1) is 17.0. The van der Waals surface area contributed by atoms with Gasteiger partial charge in [-0.15, -0.1) is 0 Å². The molecule has 7 heteroatoms. The minimum absolute atomic E-state index is 0.00328. The molecule has 2 aromatic rings. The Hall–Kier alpha value is -3.35. The molecule has 3 aliphatic carbocycles. The van der Waals surface area contributed by atoms with E-state index in [0.717, 1.165) is 36.8 Å². The van der Waals surface area contributed by atoms with E-state index in [1.165, 1.54) is 11.1 Å². The van der Waals surface area contributed by atoms with E-state index in [4.69, 9.17) is 4.74 Å². The predicted octanol–water partition coefficient (Wildman–Crippen LogP) is 4.31. The van der Waals surface area contributed by atoms with Crippen molar-refractivity contribution < 1.29 is 24.2 Å². The van der Waals surface area contributed by atoms with Gasteiger partial charge in [-0.1, -0.05) is 55.0 Å². The zero-order valence-corrected chi connectivity index (χ0v) is 19.8. The SMILES string of the molecule is O=C(NCC1(C(=O)NCC2CCCC(C(=O)O)C2)CC1)OCC1c2ccccc2-c2ccccc21. The third-order valence-electron chi connectivity index (χ3n) is 7.93. The minimum atomic E-state index is -0.744. The molecule has 0 aromatic heterocycles. The van der Waals surface area contributed by atoms with Gasteiger partial charge in [-0.25, -0.2) is 4.79 Å². The Morgan fingerprint density at radius 3 is 2.23 bits per heavy atom. The largest absolute Gasteiger partial charge is 0.481 e.